The Labute approximate surface area is 113 Å². The van der Waals surface area contributed by atoms with E-state index >= 15 is 0 Å². The molecule has 2 heterocycles. The number of piperidine rings is 1. The number of hydrogen-bond donors (Lipinski definition) is 2. The first-order chi connectivity index (χ1) is 9.20. The molecule has 104 valence electrons. The van der Waals surface area contributed by atoms with Crippen LogP contribution in [0.1, 0.15) is 30.1 Å². The van der Waals surface area contributed by atoms with Gasteiger partial charge in [0, 0.05) is 18.9 Å². The maximum Gasteiger partial charge on any atom is 0.339 e. The van der Waals surface area contributed by atoms with Gasteiger partial charge in [0.25, 0.3) is 0 Å². The van der Waals surface area contributed by atoms with E-state index in [0.29, 0.717) is 11.6 Å². The smallest absolute Gasteiger partial charge is 0.339 e. The minimum atomic E-state index is -0.934. The number of aromatic carboxylic acids is 1. The third-order valence-corrected chi connectivity index (χ3v) is 3.79. The summed E-state index contributed by atoms with van der Waals surface area (Å²) in [6.07, 6.45) is 5.36. The summed E-state index contributed by atoms with van der Waals surface area (Å²) in [4.78, 5) is 17.4. The number of nitrogens with zero attached hydrogens (tertiary/aromatic N) is 2. The van der Waals surface area contributed by atoms with E-state index in [-0.39, 0.29) is 5.56 Å². The van der Waals surface area contributed by atoms with Crippen molar-refractivity contribution in [2.45, 2.75) is 19.8 Å². The molecule has 1 aliphatic heterocycles. The molecule has 1 saturated heterocycles. The highest BCUT2D eigenvalue weighted by molar-refractivity contribution is 5.93. The maximum atomic E-state index is 11.1. The van der Waals surface area contributed by atoms with Crippen LogP contribution in [0.2, 0.25) is 0 Å². The minimum Gasteiger partial charge on any atom is -0.478 e. The highest BCUT2D eigenvalue weighted by Crippen LogP contribution is 2.19. The van der Waals surface area contributed by atoms with Crippen molar-refractivity contribution in [3.05, 3.63) is 24.0 Å². The molecule has 1 aromatic heterocycles. The molecule has 0 unspecified atom stereocenters. The lowest BCUT2D eigenvalue weighted by Gasteiger charge is -2.31. The van der Waals surface area contributed by atoms with Crippen molar-refractivity contribution < 1.29 is 9.90 Å². The molecule has 5 nitrogen and oxygen atoms in total. The summed E-state index contributed by atoms with van der Waals surface area (Å²) in [5, 5.41) is 12.3. The number of nitrogens with one attached hydrogen (secondary N) is 1. The summed E-state index contributed by atoms with van der Waals surface area (Å²) in [7, 11) is 0. The predicted octanol–water partition coefficient (Wildman–Crippen LogP) is 1.92. The number of pyridine rings is 1. The molecular weight excluding hydrogens is 242 g/mol. The van der Waals surface area contributed by atoms with E-state index in [4.69, 9.17) is 5.11 Å². The van der Waals surface area contributed by atoms with Crippen molar-refractivity contribution >= 4 is 11.7 Å². The molecule has 0 atom stereocenters. The van der Waals surface area contributed by atoms with E-state index in [1.54, 1.807) is 12.3 Å². The molecule has 1 fully saturated rings. The Kier molecular flexibility index (Phi) is 4.74. The summed E-state index contributed by atoms with van der Waals surface area (Å²) in [5.41, 5.74) is 0.911. The highest BCUT2D eigenvalue weighted by Gasteiger charge is 2.18. The van der Waals surface area contributed by atoms with Crippen molar-refractivity contribution in [2.24, 2.45) is 5.92 Å². The molecule has 0 aliphatic carbocycles. The SMILES string of the molecule is CCN1CCC(CNc2ccncc2C(=O)O)CC1. The van der Waals surface area contributed by atoms with Gasteiger partial charge in [-0.2, -0.15) is 0 Å². The number of anilines is 1. The molecule has 0 spiro atoms. The molecule has 5 heteroatoms. The second kappa shape index (κ2) is 6.52. The number of rotatable bonds is 5. The molecule has 0 saturated carbocycles. The summed E-state index contributed by atoms with van der Waals surface area (Å²) in [5.74, 6) is -0.311. The standard InChI is InChI=1S/C14H21N3O2/c1-2-17-7-4-11(5-8-17)9-16-13-3-6-15-10-12(13)14(18)19/h3,6,10-11H,2,4-5,7-9H2,1H3,(H,15,16)(H,18,19). The Hall–Kier alpha value is -1.62. The first-order valence-corrected chi connectivity index (χ1v) is 6.84. The van der Waals surface area contributed by atoms with Crippen molar-refractivity contribution in [2.75, 3.05) is 31.5 Å². The zero-order chi connectivity index (χ0) is 13.7. The average Bonchev–Trinajstić information content (AvgIpc) is 2.46. The highest BCUT2D eigenvalue weighted by atomic mass is 16.4. The van der Waals surface area contributed by atoms with Crippen molar-refractivity contribution in [3.63, 3.8) is 0 Å². The molecule has 0 radical (unpaired) electrons. The van der Waals surface area contributed by atoms with Crippen molar-refractivity contribution in [3.8, 4) is 0 Å². The van der Waals surface area contributed by atoms with Crippen molar-refractivity contribution in [1.82, 2.24) is 9.88 Å². The van der Waals surface area contributed by atoms with Crippen LogP contribution in [0.5, 0.6) is 0 Å². The van der Waals surface area contributed by atoms with Crippen LogP contribution in [-0.4, -0.2) is 47.1 Å². The fourth-order valence-electron chi connectivity index (χ4n) is 2.48. The van der Waals surface area contributed by atoms with Gasteiger partial charge in [0.15, 0.2) is 0 Å². The van der Waals surface area contributed by atoms with Crippen LogP contribution in [0, 0.1) is 5.92 Å². The molecule has 2 N–H and O–H groups in total. The second-order valence-electron chi connectivity index (χ2n) is 4.98. The van der Waals surface area contributed by atoms with Crippen LogP contribution in [-0.2, 0) is 0 Å². The molecule has 1 aliphatic rings. The Morgan fingerprint density at radius 2 is 2.26 bits per heavy atom. The fourth-order valence-corrected chi connectivity index (χ4v) is 2.48. The van der Waals surface area contributed by atoms with Crippen molar-refractivity contribution in [1.29, 1.82) is 0 Å². The van der Waals surface area contributed by atoms with E-state index in [1.807, 2.05) is 0 Å². The molecule has 19 heavy (non-hydrogen) atoms. The predicted molar refractivity (Wildman–Crippen MR) is 74.5 cm³/mol. The lowest BCUT2D eigenvalue weighted by Crippen LogP contribution is -2.35. The number of likely N-dealkylation sites (tertiary alicyclic amines) is 1. The Morgan fingerprint density at radius 3 is 2.89 bits per heavy atom. The molecule has 0 amide bonds. The van der Waals surface area contributed by atoms with Crippen LogP contribution in [0.3, 0.4) is 0 Å². The zero-order valence-corrected chi connectivity index (χ0v) is 11.3. The van der Waals surface area contributed by atoms with Crippen LogP contribution < -0.4 is 5.32 Å². The Morgan fingerprint density at radius 1 is 1.53 bits per heavy atom. The summed E-state index contributed by atoms with van der Waals surface area (Å²) < 4.78 is 0. The van der Waals surface area contributed by atoms with Gasteiger partial charge in [-0.15, -0.1) is 0 Å². The number of hydrogen-bond acceptors (Lipinski definition) is 4. The monoisotopic (exact) mass is 263 g/mol. The van der Waals surface area contributed by atoms with Gasteiger partial charge in [0.2, 0.25) is 0 Å². The summed E-state index contributed by atoms with van der Waals surface area (Å²) >= 11 is 0. The number of carboxylic acid groups (broad SMARTS) is 1. The first kappa shape index (κ1) is 13.8. The largest absolute Gasteiger partial charge is 0.478 e. The van der Waals surface area contributed by atoms with Gasteiger partial charge in [-0.25, -0.2) is 4.79 Å². The molecule has 2 rings (SSSR count). The summed E-state index contributed by atoms with van der Waals surface area (Å²) in [6, 6.07) is 1.73. The maximum absolute atomic E-state index is 11.1. The Bertz CT molecular complexity index is 428. The topological polar surface area (TPSA) is 65.5 Å². The fraction of sp³-hybridized carbons (Fsp3) is 0.571. The molecular formula is C14H21N3O2. The van der Waals surface area contributed by atoms with Crippen LogP contribution in [0.25, 0.3) is 0 Å². The van der Waals surface area contributed by atoms with Gasteiger partial charge in [-0.1, -0.05) is 6.92 Å². The first-order valence-electron chi connectivity index (χ1n) is 6.84. The van der Waals surface area contributed by atoms with Crippen LogP contribution in [0.4, 0.5) is 5.69 Å². The third-order valence-electron chi connectivity index (χ3n) is 3.79. The quantitative estimate of drug-likeness (QED) is 0.849. The lowest BCUT2D eigenvalue weighted by atomic mass is 9.96. The number of carboxylic acids is 1. The second-order valence-corrected chi connectivity index (χ2v) is 4.98. The average molecular weight is 263 g/mol. The van der Waals surface area contributed by atoms with Gasteiger partial charge < -0.3 is 15.3 Å². The summed E-state index contributed by atoms with van der Waals surface area (Å²) in [6.45, 7) is 6.43. The number of aromatic nitrogens is 1. The number of carbonyl (C=O) groups is 1. The van der Waals surface area contributed by atoms with Gasteiger partial charge >= 0.3 is 5.97 Å². The van der Waals surface area contributed by atoms with E-state index < -0.39 is 5.97 Å². The van der Waals surface area contributed by atoms with E-state index in [0.717, 1.165) is 26.2 Å². The Balaban J connectivity index is 1.88. The van der Waals surface area contributed by atoms with Gasteiger partial charge in [-0.3, -0.25) is 4.98 Å². The third kappa shape index (κ3) is 3.67. The van der Waals surface area contributed by atoms with E-state index in [1.165, 1.54) is 19.0 Å². The zero-order valence-electron chi connectivity index (χ0n) is 11.3. The lowest BCUT2D eigenvalue weighted by molar-refractivity contribution is 0.0697. The van der Waals surface area contributed by atoms with Crippen LogP contribution >= 0.6 is 0 Å². The van der Waals surface area contributed by atoms with Gasteiger partial charge in [-0.05, 0) is 44.5 Å². The van der Waals surface area contributed by atoms with Gasteiger partial charge in [0.05, 0.1) is 5.69 Å². The minimum absolute atomic E-state index is 0.244. The van der Waals surface area contributed by atoms with Crippen LogP contribution in [0.15, 0.2) is 18.5 Å². The normalized spacial score (nSPS) is 17.3. The van der Waals surface area contributed by atoms with E-state index in [9.17, 15) is 4.79 Å². The molecule has 1 aromatic rings. The molecule has 0 aromatic carbocycles. The van der Waals surface area contributed by atoms with Gasteiger partial charge in [0.1, 0.15) is 5.56 Å². The molecule has 0 bridgehead atoms. The van der Waals surface area contributed by atoms with E-state index in [2.05, 4.69) is 22.1 Å².